The fourth-order valence-corrected chi connectivity index (χ4v) is 2.61. The average Bonchev–Trinajstić information content (AvgIpc) is 2.71. The minimum atomic E-state index is 0.565. The Labute approximate surface area is 83.7 Å². The predicted octanol–water partition coefficient (Wildman–Crippen LogP) is 2.42. The van der Waals surface area contributed by atoms with Crippen LogP contribution in [0, 0.1) is 0 Å². The van der Waals surface area contributed by atoms with E-state index in [2.05, 4.69) is 28.1 Å². The molecule has 0 aliphatic heterocycles. The summed E-state index contributed by atoms with van der Waals surface area (Å²) in [4.78, 5) is 4.52. The van der Waals surface area contributed by atoms with Crippen LogP contribution in [0.3, 0.4) is 0 Å². The van der Waals surface area contributed by atoms with Gasteiger partial charge in [-0.15, -0.1) is 0 Å². The Kier molecular flexibility index (Phi) is 2.53. The van der Waals surface area contributed by atoms with Crippen molar-refractivity contribution >= 4 is 14.5 Å². The Balaban J connectivity index is 2.33. The van der Waals surface area contributed by atoms with Crippen molar-refractivity contribution in [2.45, 2.75) is 0 Å². The van der Waals surface area contributed by atoms with Gasteiger partial charge in [0.15, 0.2) is 0 Å². The molecule has 0 saturated carbocycles. The first-order valence-corrected chi connectivity index (χ1v) is 6.04. The number of hydrogen-bond acceptors (Lipinski definition) is 1. The van der Waals surface area contributed by atoms with Gasteiger partial charge in [-0.25, -0.2) is 0 Å². The van der Waals surface area contributed by atoms with Crippen molar-refractivity contribution < 1.29 is 4.74 Å². The maximum absolute atomic E-state index is 5.10. The van der Waals surface area contributed by atoms with E-state index >= 15 is 0 Å². The van der Waals surface area contributed by atoms with Gasteiger partial charge in [0.1, 0.15) is 0 Å². The van der Waals surface area contributed by atoms with Crippen molar-refractivity contribution in [1.82, 2.24) is 0 Å². The number of ether oxygens (including phenoxy) is 1. The normalized spacial score (nSPS) is 9.92. The third-order valence-corrected chi connectivity index (χ3v) is 3.38. The quantitative estimate of drug-likeness (QED) is 0.729. The molecule has 0 aliphatic rings. The second-order valence-corrected chi connectivity index (χ2v) is 4.38. The van der Waals surface area contributed by atoms with E-state index in [0.29, 0.717) is 14.5 Å². The Morgan fingerprint density at radius 2 is 1.77 bits per heavy atom. The van der Waals surface area contributed by atoms with Gasteiger partial charge in [-0.05, 0) is 0 Å². The standard InChI is InChI=1S/C11H10OSe/c1-12-11-4-2-9(3-5-11)10-6-7-13-8-10/h2-8H,1H3. The predicted molar refractivity (Wildman–Crippen MR) is 55.4 cm³/mol. The number of rotatable bonds is 2. The summed E-state index contributed by atoms with van der Waals surface area (Å²) in [6.45, 7) is 0. The molecule has 0 fully saturated rings. The maximum atomic E-state index is 5.10. The molecule has 0 spiro atoms. The van der Waals surface area contributed by atoms with E-state index in [4.69, 9.17) is 4.74 Å². The SMILES string of the molecule is COc1ccc(-c2cc[se]c2)cc1. The van der Waals surface area contributed by atoms with Crippen LogP contribution in [0.15, 0.2) is 40.2 Å². The van der Waals surface area contributed by atoms with Crippen molar-refractivity contribution in [2.24, 2.45) is 0 Å². The van der Waals surface area contributed by atoms with Crippen LogP contribution in [0.4, 0.5) is 0 Å². The second-order valence-electron chi connectivity index (χ2n) is 2.74. The van der Waals surface area contributed by atoms with Crippen LogP contribution in [0.25, 0.3) is 11.1 Å². The molecule has 0 N–H and O–H groups in total. The molecule has 0 bridgehead atoms. The summed E-state index contributed by atoms with van der Waals surface area (Å²) < 4.78 is 5.10. The van der Waals surface area contributed by atoms with E-state index in [1.165, 1.54) is 11.1 Å². The summed E-state index contributed by atoms with van der Waals surface area (Å²) in [6.07, 6.45) is 0. The topological polar surface area (TPSA) is 9.23 Å². The van der Waals surface area contributed by atoms with Crippen molar-refractivity contribution in [3.05, 3.63) is 40.2 Å². The fourth-order valence-electron chi connectivity index (χ4n) is 1.21. The van der Waals surface area contributed by atoms with Crippen LogP contribution < -0.4 is 4.74 Å². The molecule has 2 heteroatoms. The Bertz CT molecular complexity index is 361. The molecule has 1 aromatic carbocycles. The first-order valence-electron chi connectivity index (χ1n) is 4.07. The van der Waals surface area contributed by atoms with Crippen LogP contribution in [-0.4, -0.2) is 21.6 Å². The van der Waals surface area contributed by atoms with Gasteiger partial charge in [-0.3, -0.25) is 0 Å². The zero-order chi connectivity index (χ0) is 9.10. The zero-order valence-corrected chi connectivity index (χ0v) is 9.07. The fraction of sp³-hybridized carbons (Fsp3) is 0.0909. The van der Waals surface area contributed by atoms with Gasteiger partial charge in [-0.1, -0.05) is 0 Å². The van der Waals surface area contributed by atoms with Gasteiger partial charge in [0.2, 0.25) is 0 Å². The molecular formula is C11H10OSe. The molecule has 0 saturated heterocycles. The second kappa shape index (κ2) is 3.82. The van der Waals surface area contributed by atoms with Crippen LogP contribution in [0.1, 0.15) is 0 Å². The van der Waals surface area contributed by atoms with Gasteiger partial charge in [0.25, 0.3) is 0 Å². The van der Waals surface area contributed by atoms with Gasteiger partial charge in [0, 0.05) is 0 Å². The van der Waals surface area contributed by atoms with E-state index in [-0.39, 0.29) is 0 Å². The molecule has 0 aliphatic carbocycles. The van der Waals surface area contributed by atoms with Gasteiger partial charge in [-0.2, -0.15) is 0 Å². The van der Waals surface area contributed by atoms with E-state index in [9.17, 15) is 0 Å². The Morgan fingerprint density at radius 3 is 2.31 bits per heavy atom. The van der Waals surface area contributed by atoms with Crippen LogP contribution >= 0.6 is 0 Å². The molecule has 1 nitrogen and oxygen atoms in total. The summed E-state index contributed by atoms with van der Waals surface area (Å²) in [7, 11) is 1.69. The minimum absolute atomic E-state index is 0.565. The van der Waals surface area contributed by atoms with Crippen molar-refractivity contribution in [1.29, 1.82) is 0 Å². The third-order valence-electron chi connectivity index (χ3n) is 1.94. The summed E-state index contributed by atoms with van der Waals surface area (Å²) in [5.41, 5.74) is 2.61. The number of methoxy groups -OCH3 is 1. The van der Waals surface area contributed by atoms with Crippen LogP contribution in [0.2, 0.25) is 0 Å². The summed E-state index contributed by atoms with van der Waals surface area (Å²) >= 11 is 0.565. The van der Waals surface area contributed by atoms with E-state index in [0.717, 1.165) is 5.75 Å². The van der Waals surface area contributed by atoms with Gasteiger partial charge in [0.05, 0.1) is 0 Å². The summed E-state index contributed by atoms with van der Waals surface area (Å²) in [5, 5.41) is 0. The van der Waals surface area contributed by atoms with Gasteiger partial charge >= 0.3 is 83.4 Å². The molecule has 0 radical (unpaired) electrons. The molecule has 66 valence electrons. The Morgan fingerprint density at radius 1 is 1.00 bits per heavy atom. The number of benzene rings is 1. The molecule has 0 atom stereocenters. The Hall–Kier alpha value is -0.981. The molecule has 0 amide bonds. The molecular weight excluding hydrogens is 227 g/mol. The first kappa shape index (κ1) is 8.61. The van der Waals surface area contributed by atoms with Crippen molar-refractivity contribution in [3.8, 4) is 16.9 Å². The molecule has 1 heterocycles. The van der Waals surface area contributed by atoms with Crippen molar-refractivity contribution in [3.63, 3.8) is 0 Å². The molecule has 2 rings (SSSR count). The van der Waals surface area contributed by atoms with Crippen molar-refractivity contribution in [2.75, 3.05) is 7.11 Å². The van der Waals surface area contributed by atoms with E-state index in [1.54, 1.807) is 7.11 Å². The van der Waals surface area contributed by atoms with E-state index in [1.807, 2.05) is 12.1 Å². The third kappa shape index (κ3) is 1.85. The van der Waals surface area contributed by atoms with E-state index < -0.39 is 0 Å². The monoisotopic (exact) mass is 238 g/mol. The summed E-state index contributed by atoms with van der Waals surface area (Å²) in [5.74, 6) is 0.914. The summed E-state index contributed by atoms with van der Waals surface area (Å²) in [6, 6.07) is 10.4. The van der Waals surface area contributed by atoms with Gasteiger partial charge < -0.3 is 0 Å². The average molecular weight is 237 g/mol. The van der Waals surface area contributed by atoms with Crippen LogP contribution in [-0.2, 0) is 0 Å². The first-order chi connectivity index (χ1) is 6.40. The molecule has 1 aromatic heterocycles. The molecule has 0 unspecified atom stereocenters. The molecule has 13 heavy (non-hydrogen) atoms. The zero-order valence-electron chi connectivity index (χ0n) is 7.36. The number of hydrogen-bond donors (Lipinski definition) is 0. The molecule has 2 aromatic rings. The van der Waals surface area contributed by atoms with Crippen LogP contribution in [0.5, 0.6) is 5.75 Å².